The van der Waals surface area contributed by atoms with Crippen LogP contribution in [-0.4, -0.2) is 34.8 Å². The molecule has 0 unspecified atom stereocenters. The third kappa shape index (κ3) is 4.69. The maximum Gasteiger partial charge on any atom is 0.292 e. The molecule has 2 rings (SSSR count). The van der Waals surface area contributed by atoms with Gasteiger partial charge in [-0.05, 0) is 39.0 Å². The van der Waals surface area contributed by atoms with Crippen LogP contribution in [0.1, 0.15) is 20.8 Å². The van der Waals surface area contributed by atoms with Crippen LogP contribution in [0.2, 0.25) is 15.1 Å². The van der Waals surface area contributed by atoms with Gasteiger partial charge in [0.05, 0.1) is 29.1 Å². The second kappa shape index (κ2) is 8.75. The molecule has 1 N–H and O–H groups in total. The van der Waals surface area contributed by atoms with Gasteiger partial charge in [0.1, 0.15) is 5.02 Å². The Morgan fingerprint density at radius 2 is 2.00 bits per heavy atom. The number of benzene rings is 1. The summed E-state index contributed by atoms with van der Waals surface area (Å²) in [7, 11) is 0. The van der Waals surface area contributed by atoms with E-state index in [0.717, 1.165) is 4.68 Å². The van der Waals surface area contributed by atoms with Crippen molar-refractivity contribution in [3.8, 4) is 5.69 Å². The lowest BCUT2D eigenvalue weighted by Gasteiger charge is -2.24. The Hall–Kier alpha value is -1.76. The zero-order chi connectivity index (χ0) is 19.4. The molecule has 0 spiro atoms. The minimum Gasteiger partial charge on any atom is -0.360 e. The second-order valence-electron chi connectivity index (χ2n) is 5.89. The van der Waals surface area contributed by atoms with E-state index >= 15 is 0 Å². The fourth-order valence-electron chi connectivity index (χ4n) is 2.38. The maximum absolute atomic E-state index is 12.7. The molecule has 0 atom stereocenters. The molecule has 0 fully saturated rings. The van der Waals surface area contributed by atoms with Crippen LogP contribution in [0.5, 0.6) is 0 Å². The van der Waals surface area contributed by atoms with Crippen LogP contribution in [0, 0.1) is 0 Å². The Kier molecular flexibility index (Phi) is 6.92. The summed E-state index contributed by atoms with van der Waals surface area (Å²) in [6.07, 6.45) is 1.45. The SMILES string of the molecule is CCN(CC(=O)NC(C)C)c1cnn(-c2ccc(Cl)cc2Cl)c(=O)c1Cl. The van der Waals surface area contributed by atoms with Crippen molar-refractivity contribution in [3.05, 3.63) is 49.8 Å². The third-order valence-corrected chi connectivity index (χ3v) is 4.44. The molecule has 1 aromatic heterocycles. The molecule has 0 saturated carbocycles. The normalized spacial score (nSPS) is 10.9. The van der Waals surface area contributed by atoms with Crippen molar-refractivity contribution >= 4 is 46.4 Å². The van der Waals surface area contributed by atoms with Gasteiger partial charge >= 0.3 is 0 Å². The molecule has 140 valence electrons. The lowest BCUT2D eigenvalue weighted by Crippen LogP contribution is -2.41. The van der Waals surface area contributed by atoms with Crippen LogP contribution in [0.15, 0.2) is 29.2 Å². The van der Waals surface area contributed by atoms with Crippen LogP contribution in [0.3, 0.4) is 0 Å². The molecular weight excluding hydrogens is 399 g/mol. The molecule has 9 heteroatoms. The summed E-state index contributed by atoms with van der Waals surface area (Å²) in [5.41, 5.74) is 0.227. The minimum absolute atomic E-state index is 0.0230. The molecule has 0 bridgehead atoms. The fraction of sp³-hybridized carbons (Fsp3) is 0.353. The quantitative estimate of drug-likeness (QED) is 0.780. The van der Waals surface area contributed by atoms with E-state index in [-0.39, 0.29) is 28.5 Å². The van der Waals surface area contributed by atoms with Crippen molar-refractivity contribution in [3.63, 3.8) is 0 Å². The van der Waals surface area contributed by atoms with Crippen molar-refractivity contribution in [2.45, 2.75) is 26.8 Å². The summed E-state index contributed by atoms with van der Waals surface area (Å²) in [5.74, 6) is -0.164. The van der Waals surface area contributed by atoms with Crippen LogP contribution in [-0.2, 0) is 4.79 Å². The number of amides is 1. The van der Waals surface area contributed by atoms with E-state index in [2.05, 4.69) is 10.4 Å². The number of carbonyl (C=O) groups is 1. The molecule has 26 heavy (non-hydrogen) atoms. The topological polar surface area (TPSA) is 67.2 Å². The van der Waals surface area contributed by atoms with Crippen molar-refractivity contribution in [1.82, 2.24) is 15.1 Å². The first-order valence-corrected chi connectivity index (χ1v) is 9.15. The van der Waals surface area contributed by atoms with E-state index in [1.54, 1.807) is 17.0 Å². The van der Waals surface area contributed by atoms with Gasteiger partial charge < -0.3 is 10.2 Å². The number of carbonyl (C=O) groups excluding carboxylic acids is 1. The molecule has 1 aromatic carbocycles. The number of nitrogens with one attached hydrogen (secondary N) is 1. The number of halogens is 3. The van der Waals surface area contributed by atoms with Crippen LogP contribution < -0.4 is 15.8 Å². The highest BCUT2D eigenvalue weighted by Gasteiger charge is 2.19. The lowest BCUT2D eigenvalue weighted by atomic mass is 10.3. The van der Waals surface area contributed by atoms with Crippen molar-refractivity contribution in [2.24, 2.45) is 0 Å². The predicted octanol–water partition coefficient (Wildman–Crippen LogP) is 3.54. The Bertz CT molecular complexity index is 868. The zero-order valence-electron chi connectivity index (χ0n) is 14.6. The number of likely N-dealkylation sites (N-methyl/N-ethyl adjacent to an activating group) is 1. The number of anilines is 1. The van der Waals surface area contributed by atoms with Crippen LogP contribution in [0.4, 0.5) is 5.69 Å². The van der Waals surface area contributed by atoms with Crippen molar-refractivity contribution in [1.29, 1.82) is 0 Å². The number of nitrogens with zero attached hydrogens (tertiary/aromatic N) is 3. The first-order chi connectivity index (χ1) is 12.2. The highest BCUT2D eigenvalue weighted by atomic mass is 35.5. The van der Waals surface area contributed by atoms with Gasteiger partial charge in [-0.1, -0.05) is 34.8 Å². The van der Waals surface area contributed by atoms with Gasteiger partial charge in [0.25, 0.3) is 5.56 Å². The monoisotopic (exact) mass is 416 g/mol. The first-order valence-electron chi connectivity index (χ1n) is 8.02. The highest BCUT2D eigenvalue weighted by Crippen LogP contribution is 2.25. The van der Waals surface area contributed by atoms with E-state index in [4.69, 9.17) is 34.8 Å². The van der Waals surface area contributed by atoms with Gasteiger partial charge in [-0.2, -0.15) is 9.78 Å². The van der Waals surface area contributed by atoms with Gasteiger partial charge in [0.15, 0.2) is 0 Å². The predicted molar refractivity (Wildman–Crippen MR) is 106 cm³/mol. The first kappa shape index (κ1) is 20.6. The molecule has 0 aliphatic heterocycles. The molecule has 0 aliphatic rings. The second-order valence-corrected chi connectivity index (χ2v) is 7.11. The molecule has 0 radical (unpaired) electrons. The Morgan fingerprint density at radius 3 is 2.58 bits per heavy atom. The summed E-state index contributed by atoms with van der Waals surface area (Å²) in [5, 5.41) is 7.65. The van der Waals surface area contributed by atoms with Crippen LogP contribution in [0.25, 0.3) is 5.69 Å². The Labute approximate surface area is 166 Å². The molecule has 1 heterocycles. The summed E-state index contributed by atoms with van der Waals surface area (Å²) >= 11 is 18.3. The zero-order valence-corrected chi connectivity index (χ0v) is 16.9. The molecule has 1 amide bonds. The van der Waals surface area contributed by atoms with E-state index in [1.807, 2.05) is 20.8 Å². The fourth-order valence-corrected chi connectivity index (χ4v) is 3.11. The molecule has 6 nitrogen and oxygen atoms in total. The molecule has 0 saturated heterocycles. The average molecular weight is 418 g/mol. The Balaban J connectivity index is 2.39. The maximum atomic E-state index is 12.7. The largest absolute Gasteiger partial charge is 0.360 e. The standard InChI is InChI=1S/C17H19Cl3N4O2/c1-4-23(9-15(25)22-10(2)3)14-8-21-24(17(26)16(14)20)13-6-5-11(18)7-12(13)19/h5-8,10H,4,9H2,1-3H3,(H,22,25). The van der Waals surface area contributed by atoms with Crippen molar-refractivity contribution in [2.75, 3.05) is 18.0 Å². The number of rotatable bonds is 6. The number of hydrogen-bond acceptors (Lipinski definition) is 4. The molecule has 0 aliphatic carbocycles. The summed E-state index contributed by atoms with van der Waals surface area (Å²) < 4.78 is 1.10. The Morgan fingerprint density at radius 1 is 1.31 bits per heavy atom. The molecular formula is C17H19Cl3N4O2. The van der Waals surface area contributed by atoms with Gasteiger partial charge in [0, 0.05) is 17.6 Å². The molecule has 2 aromatic rings. The van der Waals surface area contributed by atoms with E-state index in [1.165, 1.54) is 12.3 Å². The van der Waals surface area contributed by atoms with Gasteiger partial charge in [-0.3, -0.25) is 9.59 Å². The van der Waals surface area contributed by atoms with Gasteiger partial charge in [-0.15, -0.1) is 0 Å². The summed E-state index contributed by atoms with van der Waals surface area (Å²) in [6.45, 7) is 6.17. The van der Waals surface area contributed by atoms with Crippen molar-refractivity contribution < 1.29 is 4.79 Å². The van der Waals surface area contributed by atoms with Crippen LogP contribution >= 0.6 is 34.8 Å². The smallest absolute Gasteiger partial charge is 0.292 e. The summed E-state index contributed by atoms with van der Waals surface area (Å²) in [4.78, 5) is 26.4. The van der Waals surface area contributed by atoms with Gasteiger partial charge in [-0.25, -0.2) is 0 Å². The average Bonchev–Trinajstić information content (AvgIpc) is 2.55. The van der Waals surface area contributed by atoms with E-state index in [9.17, 15) is 9.59 Å². The highest BCUT2D eigenvalue weighted by molar-refractivity contribution is 6.36. The minimum atomic E-state index is -0.531. The number of aromatic nitrogens is 2. The summed E-state index contributed by atoms with van der Waals surface area (Å²) in [6, 6.07) is 4.73. The number of hydrogen-bond donors (Lipinski definition) is 1. The third-order valence-electron chi connectivity index (χ3n) is 3.54. The van der Waals surface area contributed by atoms with Gasteiger partial charge in [0.2, 0.25) is 5.91 Å². The van der Waals surface area contributed by atoms with E-state index in [0.29, 0.717) is 22.9 Å². The van der Waals surface area contributed by atoms with E-state index < -0.39 is 5.56 Å². The lowest BCUT2D eigenvalue weighted by molar-refractivity contribution is -0.120.